The van der Waals surface area contributed by atoms with Crippen LogP contribution in [0.15, 0.2) is 30.3 Å². The van der Waals surface area contributed by atoms with Gasteiger partial charge in [-0.2, -0.15) is 0 Å². The monoisotopic (exact) mass is 293 g/mol. The highest BCUT2D eigenvalue weighted by Gasteiger charge is 2.03. The SMILES string of the molecule is NCCNC(=O)CCCCNC(=O)OCc1ccccc1. The molecule has 0 saturated heterocycles. The van der Waals surface area contributed by atoms with Crippen LogP contribution < -0.4 is 16.4 Å². The number of amides is 2. The molecular weight excluding hydrogens is 270 g/mol. The number of ether oxygens (including phenoxy) is 1. The van der Waals surface area contributed by atoms with Gasteiger partial charge in [0.1, 0.15) is 6.61 Å². The highest BCUT2D eigenvalue weighted by molar-refractivity contribution is 5.75. The van der Waals surface area contributed by atoms with Crippen molar-refractivity contribution >= 4 is 12.0 Å². The summed E-state index contributed by atoms with van der Waals surface area (Å²) in [6.45, 7) is 1.70. The van der Waals surface area contributed by atoms with Crippen molar-refractivity contribution in [2.45, 2.75) is 25.9 Å². The van der Waals surface area contributed by atoms with E-state index in [1.807, 2.05) is 30.3 Å². The highest BCUT2D eigenvalue weighted by Crippen LogP contribution is 2.00. The lowest BCUT2D eigenvalue weighted by Crippen LogP contribution is -2.29. The summed E-state index contributed by atoms with van der Waals surface area (Å²) < 4.78 is 5.07. The van der Waals surface area contributed by atoms with Gasteiger partial charge in [0.05, 0.1) is 0 Å². The van der Waals surface area contributed by atoms with E-state index in [9.17, 15) is 9.59 Å². The van der Waals surface area contributed by atoms with Crippen LogP contribution in [0.1, 0.15) is 24.8 Å². The molecule has 2 amide bonds. The summed E-state index contributed by atoms with van der Waals surface area (Å²) in [7, 11) is 0. The normalized spacial score (nSPS) is 9.95. The fourth-order valence-corrected chi connectivity index (χ4v) is 1.68. The molecule has 0 aliphatic heterocycles. The van der Waals surface area contributed by atoms with Crippen molar-refractivity contribution < 1.29 is 14.3 Å². The van der Waals surface area contributed by atoms with Crippen molar-refractivity contribution in [3.63, 3.8) is 0 Å². The zero-order chi connectivity index (χ0) is 15.3. The first kappa shape index (κ1) is 17.0. The number of carbonyl (C=O) groups excluding carboxylic acids is 2. The van der Waals surface area contributed by atoms with Crippen molar-refractivity contribution in [3.8, 4) is 0 Å². The molecule has 6 nitrogen and oxygen atoms in total. The van der Waals surface area contributed by atoms with Crippen molar-refractivity contribution in [2.24, 2.45) is 5.73 Å². The molecule has 0 aromatic heterocycles. The number of benzene rings is 1. The maximum atomic E-state index is 11.4. The zero-order valence-corrected chi connectivity index (χ0v) is 12.1. The van der Waals surface area contributed by atoms with Crippen LogP contribution in [0.2, 0.25) is 0 Å². The number of nitrogens with one attached hydrogen (secondary N) is 2. The van der Waals surface area contributed by atoms with E-state index in [-0.39, 0.29) is 12.5 Å². The van der Waals surface area contributed by atoms with Gasteiger partial charge >= 0.3 is 6.09 Å². The van der Waals surface area contributed by atoms with Gasteiger partial charge in [-0.1, -0.05) is 30.3 Å². The summed E-state index contributed by atoms with van der Waals surface area (Å²) in [5.74, 6) is -0.00731. The lowest BCUT2D eigenvalue weighted by Gasteiger charge is -2.07. The van der Waals surface area contributed by atoms with Crippen LogP contribution in [0.4, 0.5) is 4.79 Å². The Kier molecular flexibility index (Phi) is 8.63. The van der Waals surface area contributed by atoms with Crippen LogP contribution in [0.25, 0.3) is 0 Å². The van der Waals surface area contributed by atoms with Crippen molar-refractivity contribution in [1.82, 2.24) is 10.6 Å². The molecule has 21 heavy (non-hydrogen) atoms. The summed E-state index contributed by atoms with van der Waals surface area (Å²) in [5.41, 5.74) is 6.23. The van der Waals surface area contributed by atoms with E-state index in [4.69, 9.17) is 10.5 Å². The van der Waals surface area contributed by atoms with E-state index in [1.165, 1.54) is 0 Å². The molecule has 1 aromatic carbocycles. The van der Waals surface area contributed by atoms with Gasteiger partial charge in [0, 0.05) is 26.1 Å². The molecule has 4 N–H and O–H groups in total. The standard InChI is InChI=1S/C15H23N3O3/c16-9-11-17-14(19)8-4-5-10-18-15(20)21-12-13-6-2-1-3-7-13/h1-3,6-7H,4-5,8-12,16H2,(H,17,19)(H,18,20). The van der Waals surface area contributed by atoms with Crippen LogP contribution in [0, 0.1) is 0 Å². The molecule has 1 aromatic rings. The third-order valence-electron chi connectivity index (χ3n) is 2.78. The van der Waals surface area contributed by atoms with E-state index < -0.39 is 6.09 Å². The Morgan fingerprint density at radius 1 is 1.05 bits per heavy atom. The molecule has 0 heterocycles. The third kappa shape index (κ3) is 8.65. The summed E-state index contributed by atoms with van der Waals surface area (Å²) >= 11 is 0. The Labute approximate surface area is 125 Å². The second-order valence-electron chi connectivity index (χ2n) is 4.58. The van der Waals surface area contributed by atoms with Gasteiger partial charge in [-0.05, 0) is 18.4 Å². The fourth-order valence-electron chi connectivity index (χ4n) is 1.68. The number of unbranched alkanes of at least 4 members (excludes halogenated alkanes) is 1. The van der Waals surface area contributed by atoms with Gasteiger partial charge in [0.15, 0.2) is 0 Å². The average molecular weight is 293 g/mol. The second kappa shape index (κ2) is 10.7. The number of nitrogens with two attached hydrogens (primary N) is 1. The predicted molar refractivity (Wildman–Crippen MR) is 80.5 cm³/mol. The van der Waals surface area contributed by atoms with Crippen LogP contribution in [-0.4, -0.2) is 31.6 Å². The first-order chi connectivity index (χ1) is 10.2. The highest BCUT2D eigenvalue weighted by atomic mass is 16.5. The summed E-state index contributed by atoms with van der Waals surface area (Å²) in [4.78, 5) is 22.7. The molecule has 0 unspecified atom stereocenters. The van der Waals surface area contributed by atoms with E-state index in [0.29, 0.717) is 26.1 Å². The van der Waals surface area contributed by atoms with Crippen molar-refractivity contribution in [1.29, 1.82) is 0 Å². The first-order valence-electron chi connectivity index (χ1n) is 7.13. The van der Waals surface area contributed by atoms with Gasteiger partial charge in [-0.3, -0.25) is 4.79 Å². The van der Waals surface area contributed by atoms with E-state index in [0.717, 1.165) is 18.4 Å². The zero-order valence-electron chi connectivity index (χ0n) is 12.1. The molecular formula is C15H23N3O3. The lowest BCUT2D eigenvalue weighted by atomic mass is 10.2. The summed E-state index contributed by atoms with van der Waals surface area (Å²) in [6.07, 6.45) is 1.46. The number of rotatable bonds is 9. The number of hydrogen-bond acceptors (Lipinski definition) is 4. The van der Waals surface area contributed by atoms with Gasteiger partial charge in [-0.15, -0.1) is 0 Å². The van der Waals surface area contributed by atoms with Crippen LogP contribution in [0.3, 0.4) is 0 Å². The van der Waals surface area contributed by atoms with Crippen LogP contribution >= 0.6 is 0 Å². The Bertz CT molecular complexity index is 423. The first-order valence-corrected chi connectivity index (χ1v) is 7.13. The molecule has 6 heteroatoms. The number of alkyl carbamates (subject to hydrolysis) is 1. The minimum absolute atomic E-state index is 0.00731. The van der Waals surface area contributed by atoms with Gasteiger partial charge in [-0.25, -0.2) is 4.79 Å². The van der Waals surface area contributed by atoms with Gasteiger partial charge in [0.2, 0.25) is 5.91 Å². The third-order valence-corrected chi connectivity index (χ3v) is 2.78. The number of hydrogen-bond donors (Lipinski definition) is 3. The molecule has 0 saturated carbocycles. The van der Waals surface area contributed by atoms with Crippen LogP contribution in [-0.2, 0) is 16.1 Å². The number of carbonyl (C=O) groups is 2. The van der Waals surface area contributed by atoms with Gasteiger partial charge < -0.3 is 21.1 Å². The molecule has 0 aliphatic rings. The summed E-state index contributed by atoms with van der Waals surface area (Å²) in [6, 6.07) is 9.49. The largest absolute Gasteiger partial charge is 0.445 e. The lowest BCUT2D eigenvalue weighted by molar-refractivity contribution is -0.121. The van der Waals surface area contributed by atoms with Crippen molar-refractivity contribution in [2.75, 3.05) is 19.6 Å². The Balaban J connectivity index is 2.00. The average Bonchev–Trinajstić information content (AvgIpc) is 2.51. The molecule has 0 atom stereocenters. The molecule has 0 spiro atoms. The maximum absolute atomic E-state index is 11.4. The van der Waals surface area contributed by atoms with E-state index in [1.54, 1.807) is 0 Å². The molecule has 116 valence electrons. The molecule has 0 bridgehead atoms. The Morgan fingerprint density at radius 3 is 2.52 bits per heavy atom. The van der Waals surface area contributed by atoms with E-state index >= 15 is 0 Å². The van der Waals surface area contributed by atoms with Gasteiger partial charge in [0.25, 0.3) is 0 Å². The topological polar surface area (TPSA) is 93.5 Å². The fraction of sp³-hybridized carbons (Fsp3) is 0.467. The maximum Gasteiger partial charge on any atom is 0.407 e. The molecule has 0 fully saturated rings. The second-order valence-corrected chi connectivity index (χ2v) is 4.58. The molecule has 1 rings (SSSR count). The quantitative estimate of drug-likeness (QED) is 0.596. The Hall–Kier alpha value is -2.08. The minimum atomic E-state index is -0.438. The Morgan fingerprint density at radius 2 is 1.81 bits per heavy atom. The predicted octanol–water partition coefficient (Wildman–Crippen LogP) is 1.16. The minimum Gasteiger partial charge on any atom is -0.445 e. The van der Waals surface area contributed by atoms with Crippen molar-refractivity contribution in [3.05, 3.63) is 35.9 Å². The van der Waals surface area contributed by atoms with Crippen LogP contribution in [0.5, 0.6) is 0 Å². The van der Waals surface area contributed by atoms with E-state index in [2.05, 4.69) is 10.6 Å². The molecule has 0 aliphatic carbocycles. The smallest absolute Gasteiger partial charge is 0.407 e. The summed E-state index contributed by atoms with van der Waals surface area (Å²) in [5, 5.41) is 5.35. The molecule has 0 radical (unpaired) electrons.